The molecule has 9 nitrogen and oxygen atoms in total. The number of nitrogens with zero attached hydrogens (tertiary/aromatic N) is 1. The van der Waals surface area contributed by atoms with Crippen molar-refractivity contribution in [1.82, 2.24) is 4.98 Å². The molecular weight excluding hydrogens is 466 g/mol. The lowest BCUT2D eigenvalue weighted by Gasteiger charge is -2.18. The highest BCUT2D eigenvalue weighted by atomic mass is 19.4. The SMILES string of the molecule is Nc1cnccc1C(=O)Nc1ccc2c(c1)NC(=O)CO2.O=C(C(=O)C(F)(F)F)C(F)(F)F. The van der Waals surface area contributed by atoms with E-state index in [0.29, 0.717) is 28.4 Å². The monoisotopic (exact) mass is 478 g/mol. The van der Waals surface area contributed by atoms with E-state index in [1.54, 1.807) is 18.2 Å². The summed E-state index contributed by atoms with van der Waals surface area (Å²) in [5.74, 6) is -6.83. The number of alkyl halides is 6. The van der Waals surface area contributed by atoms with Crippen molar-refractivity contribution in [1.29, 1.82) is 0 Å². The second kappa shape index (κ2) is 9.54. The maximum absolute atomic E-state index is 12.1. The van der Waals surface area contributed by atoms with Gasteiger partial charge in [-0.05, 0) is 24.3 Å². The van der Waals surface area contributed by atoms with Crippen LogP contribution in [0.25, 0.3) is 0 Å². The number of nitrogens with two attached hydrogens (primary N) is 1. The Bertz CT molecular complexity index is 1080. The average molecular weight is 478 g/mol. The summed E-state index contributed by atoms with van der Waals surface area (Å²) < 4.78 is 72.2. The van der Waals surface area contributed by atoms with Crippen LogP contribution in [0, 0.1) is 0 Å². The molecule has 2 heterocycles. The molecule has 1 aliphatic heterocycles. The zero-order valence-corrected chi connectivity index (χ0v) is 16.0. The van der Waals surface area contributed by atoms with Gasteiger partial charge in [0.2, 0.25) is 0 Å². The first-order valence-electron chi connectivity index (χ1n) is 8.50. The molecule has 0 saturated heterocycles. The normalized spacial score (nSPS) is 12.8. The van der Waals surface area contributed by atoms with E-state index in [1.807, 2.05) is 0 Å². The zero-order chi connectivity index (χ0) is 25.0. The number of hydrogen-bond donors (Lipinski definition) is 3. The lowest BCUT2D eigenvalue weighted by atomic mass is 10.2. The fourth-order valence-electron chi connectivity index (χ4n) is 2.23. The summed E-state index contributed by atoms with van der Waals surface area (Å²) in [4.78, 5) is 46.5. The van der Waals surface area contributed by atoms with Gasteiger partial charge in [0.15, 0.2) is 6.61 Å². The number of halogens is 6. The molecule has 176 valence electrons. The highest BCUT2D eigenvalue weighted by Crippen LogP contribution is 2.30. The summed E-state index contributed by atoms with van der Waals surface area (Å²) in [6.45, 7) is -0.00768. The van der Waals surface area contributed by atoms with E-state index in [4.69, 9.17) is 10.5 Å². The first-order valence-corrected chi connectivity index (χ1v) is 8.50. The van der Waals surface area contributed by atoms with Gasteiger partial charge in [-0.25, -0.2) is 0 Å². The molecular formula is C18H12F6N4O5. The van der Waals surface area contributed by atoms with Crippen molar-refractivity contribution in [2.75, 3.05) is 23.0 Å². The number of fused-ring (bicyclic) bond motifs is 1. The number of ketones is 2. The summed E-state index contributed by atoms with van der Waals surface area (Å²) in [7, 11) is 0. The quantitative estimate of drug-likeness (QED) is 0.455. The summed E-state index contributed by atoms with van der Waals surface area (Å²) in [6, 6.07) is 6.53. The molecule has 4 N–H and O–H groups in total. The maximum Gasteiger partial charge on any atom is 0.458 e. The minimum Gasteiger partial charge on any atom is -0.482 e. The van der Waals surface area contributed by atoms with Gasteiger partial charge in [0, 0.05) is 11.9 Å². The second-order valence-corrected chi connectivity index (χ2v) is 6.12. The molecule has 0 spiro atoms. The highest BCUT2D eigenvalue weighted by Gasteiger charge is 2.54. The number of Topliss-reactive ketones (excluding diaryl/α,β-unsaturated/α-hetero) is 2. The second-order valence-electron chi connectivity index (χ2n) is 6.12. The Hall–Kier alpha value is -4.17. The topological polar surface area (TPSA) is 140 Å². The van der Waals surface area contributed by atoms with Crippen molar-refractivity contribution in [3.05, 3.63) is 42.2 Å². The molecule has 0 radical (unpaired) electrons. The number of benzene rings is 1. The van der Waals surface area contributed by atoms with E-state index in [9.17, 15) is 45.5 Å². The first kappa shape index (κ1) is 25.1. The van der Waals surface area contributed by atoms with Crippen molar-refractivity contribution in [3.8, 4) is 5.75 Å². The van der Waals surface area contributed by atoms with Crippen molar-refractivity contribution in [2.45, 2.75) is 12.4 Å². The van der Waals surface area contributed by atoms with E-state index in [0.717, 1.165) is 0 Å². The number of pyridine rings is 1. The van der Waals surface area contributed by atoms with Crippen LogP contribution < -0.4 is 21.1 Å². The van der Waals surface area contributed by atoms with Crippen LogP contribution >= 0.6 is 0 Å². The van der Waals surface area contributed by atoms with Gasteiger partial charge >= 0.3 is 23.9 Å². The van der Waals surface area contributed by atoms with Crippen molar-refractivity contribution in [3.63, 3.8) is 0 Å². The van der Waals surface area contributed by atoms with Gasteiger partial charge in [-0.3, -0.25) is 24.2 Å². The molecule has 1 aliphatic rings. The maximum atomic E-state index is 12.1. The smallest absolute Gasteiger partial charge is 0.458 e. The lowest BCUT2D eigenvalue weighted by molar-refractivity contribution is -0.193. The minimum absolute atomic E-state index is 0.00768. The highest BCUT2D eigenvalue weighted by molar-refractivity contribution is 6.41. The molecule has 0 aliphatic carbocycles. The third-order valence-corrected chi connectivity index (χ3v) is 3.69. The zero-order valence-electron chi connectivity index (χ0n) is 16.0. The van der Waals surface area contributed by atoms with Gasteiger partial charge in [0.25, 0.3) is 11.8 Å². The number of carbonyl (C=O) groups excluding carboxylic acids is 4. The van der Waals surface area contributed by atoms with Gasteiger partial charge in [0.05, 0.1) is 23.1 Å². The van der Waals surface area contributed by atoms with Gasteiger partial charge in [0.1, 0.15) is 5.75 Å². The number of hydrogen-bond acceptors (Lipinski definition) is 7. The van der Waals surface area contributed by atoms with Crippen LogP contribution in [-0.4, -0.2) is 47.3 Å². The molecule has 0 bridgehead atoms. The summed E-state index contributed by atoms with van der Waals surface area (Å²) >= 11 is 0. The Morgan fingerprint density at radius 3 is 2.18 bits per heavy atom. The first-order chi connectivity index (χ1) is 15.2. The standard InChI is InChI=1S/C14H12N4O3.C4F6O2/c15-10-6-16-4-3-9(10)14(20)17-8-1-2-12-11(5-8)18-13(19)7-21-12;5-3(6,7)1(11)2(12)4(8,9)10/h1-6H,7,15H2,(H,17,20)(H,18,19);. The third kappa shape index (κ3) is 6.65. The summed E-state index contributed by atoms with van der Waals surface area (Å²) in [5, 5.41) is 5.39. The Balaban J connectivity index is 0.000000277. The third-order valence-electron chi connectivity index (χ3n) is 3.69. The van der Waals surface area contributed by atoms with E-state index in [-0.39, 0.29) is 18.4 Å². The van der Waals surface area contributed by atoms with Crippen LogP contribution in [0.3, 0.4) is 0 Å². The van der Waals surface area contributed by atoms with Crippen molar-refractivity contribution < 1.29 is 50.3 Å². The van der Waals surface area contributed by atoms with Crippen LogP contribution in [0.4, 0.5) is 43.4 Å². The van der Waals surface area contributed by atoms with Crippen LogP contribution in [0.5, 0.6) is 5.75 Å². The molecule has 0 saturated carbocycles. The van der Waals surface area contributed by atoms with Crippen LogP contribution in [0.2, 0.25) is 0 Å². The average Bonchev–Trinajstić information content (AvgIpc) is 2.71. The summed E-state index contributed by atoms with van der Waals surface area (Å²) in [5.41, 5.74) is 7.38. The van der Waals surface area contributed by atoms with E-state index < -0.39 is 23.9 Å². The van der Waals surface area contributed by atoms with Crippen LogP contribution in [-0.2, 0) is 14.4 Å². The molecule has 1 aromatic carbocycles. The van der Waals surface area contributed by atoms with Crippen molar-refractivity contribution in [2.24, 2.45) is 0 Å². The predicted molar refractivity (Wildman–Crippen MR) is 99.3 cm³/mol. The number of carbonyl (C=O) groups is 4. The van der Waals surface area contributed by atoms with E-state index >= 15 is 0 Å². The Morgan fingerprint density at radius 1 is 1.03 bits per heavy atom. The molecule has 0 atom stereocenters. The molecule has 3 rings (SSSR count). The molecule has 33 heavy (non-hydrogen) atoms. The number of anilines is 3. The molecule has 0 fully saturated rings. The Kier molecular flexibility index (Phi) is 7.25. The Labute approximate surface area is 179 Å². The van der Waals surface area contributed by atoms with Gasteiger partial charge in [-0.15, -0.1) is 0 Å². The lowest BCUT2D eigenvalue weighted by Crippen LogP contribution is -2.39. The number of aromatic nitrogens is 1. The Morgan fingerprint density at radius 2 is 1.64 bits per heavy atom. The largest absolute Gasteiger partial charge is 0.482 e. The number of rotatable bonds is 3. The number of nitrogen functional groups attached to an aromatic ring is 1. The fraction of sp³-hybridized carbons (Fsp3) is 0.167. The number of amides is 2. The number of ether oxygens (including phenoxy) is 1. The molecule has 2 aromatic rings. The van der Waals surface area contributed by atoms with Gasteiger partial charge in [-0.1, -0.05) is 0 Å². The van der Waals surface area contributed by atoms with Crippen molar-refractivity contribution >= 4 is 40.4 Å². The minimum atomic E-state index is -5.77. The molecule has 15 heteroatoms. The van der Waals surface area contributed by atoms with Crippen LogP contribution in [0.15, 0.2) is 36.7 Å². The van der Waals surface area contributed by atoms with Gasteiger partial charge in [-0.2, -0.15) is 26.3 Å². The summed E-state index contributed by atoms with van der Waals surface area (Å²) in [6.07, 6.45) is -8.64. The van der Waals surface area contributed by atoms with Gasteiger partial charge < -0.3 is 21.1 Å². The van der Waals surface area contributed by atoms with Crippen LogP contribution in [0.1, 0.15) is 10.4 Å². The molecule has 0 unspecified atom stereocenters. The predicted octanol–water partition coefficient (Wildman–Crippen LogP) is 2.50. The fourth-order valence-corrected chi connectivity index (χ4v) is 2.23. The molecule has 2 amide bonds. The molecule has 1 aromatic heterocycles. The van der Waals surface area contributed by atoms with E-state index in [2.05, 4.69) is 15.6 Å². The van der Waals surface area contributed by atoms with E-state index in [1.165, 1.54) is 18.5 Å². The number of nitrogens with one attached hydrogen (secondary N) is 2.